The van der Waals surface area contributed by atoms with Crippen LogP contribution >= 0.6 is 0 Å². The predicted molar refractivity (Wildman–Crippen MR) is 101 cm³/mol. The monoisotopic (exact) mass is 407 g/mol. The van der Waals surface area contributed by atoms with Crippen molar-refractivity contribution in [3.05, 3.63) is 71.8 Å². The third kappa shape index (κ3) is 6.53. The van der Waals surface area contributed by atoms with Gasteiger partial charge in [0.25, 0.3) is 0 Å². The number of halogens is 2. The molecule has 156 valence electrons. The van der Waals surface area contributed by atoms with Gasteiger partial charge in [-0.3, -0.25) is 0 Å². The zero-order chi connectivity index (χ0) is 21.3. The Morgan fingerprint density at radius 3 is 2.10 bits per heavy atom. The number of hydrogen-bond acceptors (Lipinski definition) is 5. The number of esters is 1. The van der Waals surface area contributed by atoms with Crippen molar-refractivity contribution >= 4 is 12.1 Å². The number of carbonyl (C=O) groups excluding carboxylic acids is 2. The Morgan fingerprint density at radius 2 is 1.55 bits per heavy atom. The average Bonchev–Trinajstić information content (AvgIpc) is 2.73. The largest absolute Gasteiger partial charge is 0.461 e. The van der Waals surface area contributed by atoms with Crippen LogP contribution in [0.25, 0.3) is 0 Å². The lowest BCUT2D eigenvalue weighted by Crippen LogP contribution is -2.56. The molecule has 2 rings (SSSR count). The quantitative estimate of drug-likeness (QED) is 0.624. The van der Waals surface area contributed by atoms with Crippen molar-refractivity contribution in [3.8, 4) is 0 Å². The Kier molecular flexibility index (Phi) is 8.09. The van der Waals surface area contributed by atoms with Crippen LogP contribution in [0, 0.1) is 0 Å². The summed E-state index contributed by atoms with van der Waals surface area (Å²) in [6.07, 6.45) is -3.64. The minimum Gasteiger partial charge on any atom is -0.461 e. The van der Waals surface area contributed by atoms with Crippen LogP contribution in [0.2, 0.25) is 0 Å². The fourth-order valence-corrected chi connectivity index (χ4v) is 2.63. The van der Waals surface area contributed by atoms with Crippen molar-refractivity contribution in [1.82, 2.24) is 5.32 Å². The lowest BCUT2D eigenvalue weighted by atomic mass is 9.97. The second-order valence-corrected chi connectivity index (χ2v) is 6.29. The first-order valence-electron chi connectivity index (χ1n) is 9.08. The van der Waals surface area contributed by atoms with E-state index < -0.39 is 30.1 Å². The number of alkyl carbamates (subject to hydrolysis) is 1. The molecule has 0 bridgehead atoms. The highest BCUT2D eigenvalue weighted by Gasteiger charge is 2.52. The lowest BCUT2D eigenvalue weighted by molar-refractivity contribution is -0.191. The molecule has 2 N–H and O–H groups in total. The van der Waals surface area contributed by atoms with Crippen LogP contribution in [0.15, 0.2) is 60.7 Å². The van der Waals surface area contributed by atoms with Crippen molar-refractivity contribution < 1.29 is 33.0 Å². The number of benzene rings is 2. The number of aliphatic hydroxyl groups excluding tert-OH is 1. The third-order valence-corrected chi connectivity index (χ3v) is 4.11. The van der Waals surface area contributed by atoms with E-state index in [1.807, 2.05) is 0 Å². The molecule has 0 unspecified atom stereocenters. The Bertz CT molecular complexity index is 786. The Hall–Kier alpha value is -3.00. The van der Waals surface area contributed by atoms with E-state index in [2.05, 4.69) is 10.1 Å². The first kappa shape index (κ1) is 22.3. The third-order valence-electron chi connectivity index (χ3n) is 4.11. The van der Waals surface area contributed by atoms with Crippen LogP contribution in [0.3, 0.4) is 0 Å². The summed E-state index contributed by atoms with van der Waals surface area (Å²) in [5.41, 5.74) is 1.29. The van der Waals surface area contributed by atoms with Gasteiger partial charge in [-0.05, 0) is 24.5 Å². The molecule has 0 fully saturated rings. The normalized spacial score (nSPS) is 13.2. The number of hydrogen-bond donors (Lipinski definition) is 2. The maximum atomic E-state index is 14.3. The Morgan fingerprint density at radius 1 is 1.00 bits per heavy atom. The minimum absolute atomic E-state index is 0.0743. The second kappa shape index (κ2) is 10.5. The molecular weight excluding hydrogens is 384 g/mol. The van der Waals surface area contributed by atoms with E-state index in [4.69, 9.17) is 4.74 Å². The number of alkyl halides is 2. The molecular formula is C21H23F2NO5. The molecule has 0 saturated heterocycles. The molecule has 2 aromatic carbocycles. The van der Waals surface area contributed by atoms with Gasteiger partial charge < -0.3 is 19.9 Å². The van der Waals surface area contributed by atoms with Gasteiger partial charge in [-0.2, -0.15) is 8.78 Å². The fourth-order valence-electron chi connectivity index (χ4n) is 2.63. The predicted octanol–water partition coefficient (Wildman–Crippen LogP) is 3.08. The van der Waals surface area contributed by atoms with Gasteiger partial charge in [0.15, 0.2) is 0 Å². The van der Waals surface area contributed by atoms with Crippen LogP contribution < -0.4 is 5.32 Å². The van der Waals surface area contributed by atoms with E-state index >= 15 is 0 Å². The Balaban J connectivity index is 2.11. The number of nitrogens with one attached hydrogen (secondary N) is 1. The van der Waals surface area contributed by atoms with Crippen molar-refractivity contribution in [1.29, 1.82) is 0 Å². The molecule has 0 aliphatic heterocycles. The summed E-state index contributed by atoms with van der Waals surface area (Å²) in [6.45, 7) is 1.03. The van der Waals surface area contributed by atoms with Crippen molar-refractivity contribution in [2.24, 2.45) is 0 Å². The first-order valence-corrected chi connectivity index (χ1v) is 9.08. The van der Waals surface area contributed by atoms with Gasteiger partial charge in [0, 0.05) is 0 Å². The molecule has 0 saturated carbocycles. The molecule has 0 radical (unpaired) electrons. The summed E-state index contributed by atoms with van der Waals surface area (Å²) in [4.78, 5) is 23.7. The highest BCUT2D eigenvalue weighted by atomic mass is 19.3. The van der Waals surface area contributed by atoms with Crippen LogP contribution in [0.5, 0.6) is 0 Å². The number of ether oxygens (including phenoxy) is 2. The van der Waals surface area contributed by atoms with E-state index in [0.717, 1.165) is 0 Å². The SMILES string of the molecule is CCOC(=O)C(F)(F)[C@H](O)[C@H](Cc1ccccc1)NC(=O)OCc1ccccc1. The van der Waals surface area contributed by atoms with E-state index in [1.54, 1.807) is 60.7 Å². The van der Waals surface area contributed by atoms with Gasteiger partial charge in [-0.1, -0.05) is 60.7 Å². The van der Waals surface area contributed by atoms with Crippen LogP contribution in [0.4, 0.5) is 13.6 Å². The molecule has 1 amide bonds. The molecule has 0 aliphatic rings. The summed E-state index contributed by atoms with van der Waals surface area (Å²) < 4.78 is 38.1. The maximum absolute atomic E-state index is 14.3. The molecule has 29 heavy (non-hydrogen) atoms. The van der Waals surface area contributed by atoms with Gasteiger partial charge in [-0.25, -0.2) is 9.59 Å². The van der Waals surface area contributed by atoms with Gasteiger partial charge in [0.2, 0.25) is 0 Å². The number of carbonyl (C=O) groups is 2. The van der Waals surface area contributed by atoms with Gasteiger partial charge in [-0.15, -0.1) is 0 Å². The summed E-state index contributed by atoms with van der Waals surface area (Å²) in [6, 6.07) is 15.7. The molecule has 2 aromatic rings. The van der Waals surface area contributed by atoms with Crippen LogP contribution in [-0.4, -0.2) is 41.8 Å². The average molecular weight is 407 g/mol. The summed E-state index contributed by atoms with van der Waals surface area (Å²) >= 11 is 0. The molecule has 0 spiro atoms. The standard InChI is InChI=1S/C21H23F2NO5/c1-2-28-19(26)21(22,23)18(25)17(13-15-9-5-3-6-10-15)24-20(27)29-14-16-11-7-4-8-12-16/h3-12,17-18,25H,2,13-14H2,1H3,(H,24,27)/t17-,18+/m0/s1. The minimum atomic E-state index is -4.21. The molecule has 0 heterocycles. The molecule has 0 aliphatic carbocycles. The lowest BCUT2D eigenvalue weighted by Gasteiger charge is -2.28. The van der Waals surface area contributed by atoms with Gasteiger partial charge in [0.05, 0.1) is 12.6 Å². The van der Waals surface area contributed by atoms with Crippen LogP contribution in [-0.2, 0) is 27.3 Å². The summed E-state index contributed by atoms with van der Waals surface area (Å²) in [5.74, 6) is -6.06. The smallest absolute Gasteiger partial charge is 0.407 e. The van der Waals surface area contributed by atoms with Crippen molar-refractivity contribution in [2.75, 3.05) is 6.61 Å². The van der Waals surface area contributed by atoms with E-state index in [-0.39, 0.29) is 19.6 Å². The van der Waals surface area contributed by atoms with E-state index in [1.165, 1.54) is 6.92 Å². The highest BCUT2D eigenvalue weighted by molar-refractivity contribution is 5.78. The topological polar surface area (TPSA) is 84.9 Å². The zero-order valence-corrected chi connectivity index (χ0v) is 15.9. The van der Waals surface area contributed by atoms with Crippen LogP contribution in [0.1, 0.15) is 18.1 Å². The number of amides is 1. The number of aliphatic hydroxyl groups is 1. The molecule has 2 atom stereocenters. The van der Waals surface area contributed by atoms with Gasteiger partial charge >= 0.3 is 18.0 Å². The fraction of sp³-hybridized carbons (Fsp3) is 0.333. The Labute approximate surface area is 167 Å². The second-order valence-electron chi connectivity index (χ2n) is 6.29. The maximum Gasteiger partial charge on any atom is 0.407 e. The zero-order valence-electron chi connectivity index (χ0n) is 15.9. The molecule has 6 nitrogen and oxygen atoms in total. The van der Waals surface area contributed by atoms with Crippen molar-refractivity contribution in [2.45, 2.75) is 38.0 Å². The molecule has 0 aromatic heterocycles. The first-order chi connectivity index (χ1) is 13.8. The van der Waals surface area contributed by atoms with Crippen molar-refractivity contribution in [3.63, 3.8) is 0 Å². The molecule has 8 heteroatoms. The van der Waals surface area contributed by atoms with Gasteiger partial charge in [0.1, 0.15) is 12.7 Å². The number of rotatable bonds is 9. The van der Waals surface area contributed by atoms with E-state index in [9.17, 15) is 23.5 Å². The van der Waals surface area contributed by atoms with E-state index in [0.29, 0.717) is 11.1 Å². The summed E-state index contributed by atoms with van der Waals surface area (Å²) in [5, 5.41) is 12.4. The highest BCUT2D eigenvalue weighted by Crippen LogP contribution is 2.25. The summed E-state index contributed by atoms with van der Waals surface area (Å²) in [7, 11) is 0.